The second kappa shape index (κ2) is 9.45. The van der Waals surface area contributed by atoms with Crippen LogP contribution in [0.1, 0.15) is 50.7 Å². The number of amides is 2. The average Bonchev–Trinajstić information content (AvgIpc) is 2.70. The van der Waals surface area contributed by atoms with E-state index in [0.29, 0.717) is 12.0 Å². The number of rotatable bonds is 6. The van der Waals surface area contributed by atoms with Gasteiger partial charge < -0.3 is 20.9 Å². The monoisotopic (exact) mass is 372 g/mol. The van der Waals surface area contributed by atoms with Gasteiger partial charge in [0.25, 0.3) is 0 Å². The van der Waals surface area contributed by atoms with Crippen LogP contribution in [0.3, 0.4) is 0 Å². The molecule has 27 heavy (non-hydrogen) atoms. The summed E-state index contributed by atoms with van der Waals surface area (Å²) in [5.41, 5.74) is 9.79. The molecule has 0 bridgehead atoms. The number of nitrogens with one attached hydrogen (secondary N) is 1. The summed E-state index contributed by atoms with van der Waals surface area (Å²) in [6.07, 6.45) is 6.74. The number of carbonyl (C=O) groups is 1. The molecular formula is C22H36N4O. The van der Waals surface area contributed by atoms with E-state index < -0.39 is 0 Å². The molecule has 5 nitrogen and oxygen atoms in total. The first-order chi connectivity index (χ1) is 13.1. The first kappa shape index (κ1) is 20.0. The van der Waals surface area contributed by atoms with E-state index in [1.807, 2.05) is 11.0 Å². The summed E-state index contributed by atoms with van der Waals surface area (Å²) in [6.45, 7) is 9.18. The van der Waals surface area contributed by atoms with Gasteiger partial charge in [-0.05, 0) is 74.2 Å². The molecule has 2 aliphatic rings. The Morgan fingerprint density at radius 3 is 2.70 bits per heavy atom. The number of aryl methyl sites for hydroxylation is 1. The lowest BCUT2D eigenvalue weighted by molar-refractivity contribution is 0.121. The molecule has 1 saturated heterocycles. The molecule has 1 aromatic carbocycles. The maximum absolute atomic E-state index is 12.1. The average molecular weight is 373 g/mol. The third-order valence-electron chi connectivity index (χ3n) is 6.28. The van der Waals surface area contributed by atoms with Crippen molar-refractivity contribution in [2.75, 3.05) is 38.5 Å². The quantitative estimate of drug-likeness (QED) is 0.754. The molecule has 1 heterocycles. The van der Waals surface area contributed by atoms with Crippen molar-refractivity contribution < 1.29 is 4.79 Å². The Bertz CT molecular complexity index is 625. The van der Waals surface area contributed by atoms with Gasteiger partial charge in [0.05, 0.1) is 0 Å². The number of fused-ring (bicyclic) bond motifs is 1. The van der Waals surface area contributed by atoms with Crippen molar-refractivity contribution in [1.82, 2.24) is 15.1 Å². The second-order valence-electron chi connectivity index (χ2n) is 8.17. The Balaban J connectivity index is 1.50. The number of nitrogens with two attached hydrogens (primary N) is 1. The van der Waals surface area contributed by atoms with E-state index in [1.165, 1.54) is 17.5 Å². The van der Waals surface area contributed by atoms with Gasteiger partial charge in [-0.3, -0.25) is 0 Å². The topological polar surface area (TPSA) is 61.6 Å². The predicted octanol–water partition coefficient (Wildman–Crippen LogP) is 3.28. The van der Waals surface area contributed by atoms with Crippen LogP contribution in [0.25, 0.3) is 0 Å². The third-order valence-corrected chi connectivity index (χ3v) is 6.28. The van der Waals surface area contributed by atoms with E-state index in [1.54, 1.807) is 0 Å². The van der Waals surface area contributed by atoms with Gasteiger partial charge in [0, 0.05) is 37.9 Å². The SMILES string of the molecule is CCCNC(=O)N1CCC(CN(CC)C2CCc3ccc(N)cc3C2)CC1. The van der Waals surface area contributed by atoms with Gasteiger partial charge in [0.15, 0.2) is 0 Å². The van der Waals surface area contributed by atoms with Crippen molar-refractivity contribution in [2.45, 2.75) is 58.4 Å². The van der Waals surface area contributed by atoms with Gasteiger partial charge in [-0.25, -0.2) is 4.79 Å². The summed E-state index contributed by atoms with van der Waals surface area (Å²) in [7, 11) is 0. The van der Waals surface area contributed by atoms with Crippen LogP contribution >= 0.6 is 0 Å². The second-order valence-corrected chi connectivity index (χ2v) is 8.17. The third kappa shape index (κ3) is 5.16. The zero-order valence-corrected chi connectivity index (χ0v) is 17.0. The number of piperidine rings is 1. The minimum atomic E-state index is 0.115. The fourth-order valence-corrected chi connectivity index (χ4v) is 4.60. The minimum absolute atomic E-state index is 0.115. The number of carbonyl (C=O) groups excluding carboxylic acids is 1. The maximum Gasteiger partial charge on any atom is 0.317 e. The Labute approximate surface area is 164 Å². The Morgan fingerprint density at radius 2 is 2.00 bits per heavy atom. The number of nitrogens with zero attached hydrogens (tertiary/aromatic N) is 2. The van der Waals surface area contributed by atoms with E-state index in [4.69, 9.17) is 5.73 Å². The molecule has 0 radical (unpaired) electrons. The number of benzene rings is 1. The fraction of sp³-hybridized carbons (Fsp3) is 0.682. The van der Waals surface area contributed by atoms with Crippen LogP contribution in [0, 0.1) is 5.92 Å². The van der Waals surface area contributed by atoms with E-state index in [-0.39, 0.29) is 6.03 Å². The molecule has 1 fully saturated rings. The molecule has 0 aromatic heterocycles. The highest BCUT2D eigenvalue weighted by molar-refractivity contribution is 5.74. The molecule has 2 amide bonds. The Morgan fingerprint density at radius 1 is 1.22 bits per heavy atom. The van der Waals surface area contributed by atoms with Crippen molar-refractivity contribution in [3.8, 4) is 0 Å². The number of hydrogen-bond acceptors (Lipinski definition) is 3. The summed E-state index contributed by atoms with van der Waals surface area (Å²) < 4.78 is 0. The summed E-state index contributed by atoms with van der Waals surface area (Å²) in [6, 6.07) is 7.14. The standard InChI is InChI=1S/C22H36N4O/c1-3-11-24-22(27)26-12-9-17(10-13-26)16-25(4-2)21-8-6-18-5-7-20(23)14-19(18)15-21/h5,7,14,17,21H,3-4,6,8-13,15-16,23H2,1-2H3,(H,24,27). The van der Waals surface area contributed by atoms with Crippen LogP contribution < -0.4 is 11.1 Å². The molecule has 5 heteroatoms. The van der Waals surface area contributed by atoms with Crippen molar-refractivity contribution >= 4 is 11.7 Å². The van der Waals surface area contributed by atoms with Gasteiger partial charge in [-0.1, -0.05) is 19.9 Å². The van der Waals surface area contributed by atoms with Crippen LogP contribution in [0.2, 0.25) is 0 Å². The van der Waals surface area contributed by atoms with Crippen molar-refractivity contribution in [1.29, 1.82) is 0 Å². The summed E-state index contributed by atoms with van der Waals surface area (Å²) in [5.74, 6) is 0.697. The van der Waals surface area contributed by atoms with E-state index in [9.17, 15) is 4.79 Å². The molecule has 3 N–H and O–H groups in total. The van der Waals surface area contributed by atoms with Crippen LogP contribution in [0.5, 0.6) is 0 Å². The highest BCUT2D eigenvalue weighted by atomic mass is 16.2. The molecule has 1 unspecified atom stereocenters. The van der Waals surface area contributed by atoms with Gasteiger partial charge >= 0.3 is 6.03 Å². The largest absolute Gasteiger partial charge is 0.399 e. The van der Waals surface area contributed by atoms with E-state index in [2.05, 4.69) is 36.2 Å². The smallest absolute Gasteiger partial charge is 0.317 e. The van der Waals surface area contributed by atoms with Gasteiger partial charge in [0.2, 0.25) is 0 Å². The number of likely N-dealkylation sites (N-methyl/N-ethyl adjacent to an activating group) is 1. The van der Waals surface area contributed by atoms with E-state index in [0.717, 1.165) is 70.5 Å². The molecule has 0 spiro atoms. The number of anilines is 1. The van der Waals surface area contributed by atoms with Gasteiger partial charge in [-0.2, -0.15) is 0 Å². The fourth-order valence-electron chi connectivity index (χ4n) is 4.60. The number of hydrogen-bond donors (Lipinski definition) is 2. The molecule has 3 rings (SSSR count). The highest BCUT2D eigenvalue weighted by Gasteiger charge is 2.28. The van der Waals surface area contributed by atoms with Crippen LogP contribution in [0.15, 0.2) is 18.2 Å². The van der Waals surface area contributed by atoms with Crippen LogP contribution in [0.4, 0.5) is 10.5 Å². The normalized spacial score (nSPS) is 20.6. The first-order valence-electron chi connectivity index (χ1n) is 10.7. The molecule has 150 valence electrons. The lowest BCUT2D eigenvalue weighted by Gasteiger charge is -2.39. The van der Waals surface area contributed by atoms with E-state index >= 15 is 0 Å². The number of urea groups is 1. The molecule has 1 aliphatic carbocycles. The van der Waals surface area contributed by atoms with Crippen molar-refractivity contribution in [2.24, 2.45) is 5.92 Å². The summed E-state index contributed by atoms with van der Waals surface area (Å²) in [4.78, 5) is 16.8. The zero-order valence-electron chi connectivity index (χ0n) is 17.0. The van der Waals surface area contributed by atoms with Crippen LogP contribution in [-0.4, -0.2) is 54.6 Å². The number of nitrogen functional groups attached to an aromatic ring is 1. The van der Waals surface area contributed by atoms with Crippen molar-refractivity contribution in [3.63, 3.8) is 0 Å². The van der Waals surface area contributed by atoms with Gasteiger partial charge in [-0.15, -0.1) is 0 Å². The Hall–Kier alpha value is -1.75. The predicted molar refractivity (Wildman–Crippen MR) is 112 cm³/mol. The Kier molecular flexibility index (Phi) is 7.00. The summed E-state index contributed by atoms with van der Waals surface area (Å²) in [5, 5.41) is 3.00. The highest BCUT2D eigenvalue weighted by Crippen LogP contribution is 2.28. The minimum Gasteiger partial charge on any atom is -0.399 e. The first-order valence-corrected chi connectivity index (χ1v) is 10.7. The molecule has 1 atom stereocenters. The molecule has 1 aromatic rings. The maximum atomic E-state index is 12.1. The lowest BCUT2D eigenvalue weighted by atomic mass is 9.86. The van der Waals surface area contributed by atoms with Crippen molar-refractivity contribution in [3.05, 3.63) is 29.3 Å². The number of likely N-dealkylation sites (tertiary alicyclic amines) is 1. The molecule has 1 aliphatic heterocycles. The van der Waals surface area contributed by atoms with Crippen LogP contribution in [-0.2, 0) is 12.8 Å². The van der Waals surface area contributed by atoms with Gasteiger partial charge in [0.1, 0.15) is 0 Å². The molecular weight excluding hydrogens is 336 g/mol. The summed E-state index contributed by atoms with van der Waals surface area (Å²) >= 11 is 0. The lowest BCUT2D eigenvalue weighted by Crippen LogP contribution is -2.47. The zero-order chi connectivity index (χ0) is 19.2. The molecule has 0 saturated carbocycles.